The summed E-state index contributed by atoms with van der Waals surface area (Å²) in [5.74, 6) is 0. The molecule has 0 unspecified atom stereocenters. The highest BCUT2D eigenvalue weighted by Crippen LogP contribution is 2.18. The third kappa shape index (κ3) is 4.05. The normalized spacial score (nSPS) is 10.3. The Morgan fingerprint density at radius 1 is 1.05 bits per heavy atom. The number of hydrogen-bond donors (Lipinski definition) is 1. The molecule has 2 aromatic rings. The summed E-state index contributed by atoms with van der Waals surface area (Å²) < 4.78 is 0. The monoisotopic (exact) mass is 298 g/mol. The fourth-order valence-corrected chi connectivity index (χ4v) is 2.31. The molecule has 0 spiro atoms. The Labute approximate surface area is 132 Å². The molecule has 0 aromatic heterocycles. The third-order valence-corrected chi connectivity index (χ3v) is 4.15. The van der Waals surface area contributed by atoms with E-state index in [1.54, 1.807) is 0 Å². The fraction of sp³-hybridized carbons (Fsp3) is 0.278. The molecule has 0 bridgehead atoms. The van der Waals surface area contributed by atoms with Crippen molar-refractivity contribution in [3.8, 4) is 0 Å². The van der Waals surface area contributed by atoms with Gasteiger partial charge < -0.3 is 10.2 Å². The van der Waals surface area contributed by atoms with Gasteiger partial charge in [0.1, 0.15) is 0 Å². The van der Waals surface area contributed by atoms with Gasteiger partial charge in [-0.25, -0.2) is 0 Å². The van der Waals surface area contributed by atoms with Crippen LogP contribution in [-0.2, 0) is 6.54 Å². The molecule has 0 saturated carbocycles. The Morgan fingerprint density at radius 2 is 1.71 bits per heavy atom. The number of nitrogens with zero attached hydrogens (tertiary/aromatic N) is 1. The zero-order valence-electron chi connectivity index (χ0n) is 13.1. The molecule has 0 aliphatic rings. The van der Waals surface area contributed by atoms with E-state index in [1.165, 1.54) is 22.3 Å². The van der Waals surface area contributed by atoms with Gasteiger partial charge in [-0.3, -0.25) is 0 Å². The van der Waals surface area contributed by atoms with E-state index in [9.17, 15) is 0 Å². The van der Waals surface area contributed by atoms with E-state index in [-0.39, 0.29) is 0 Å². The van der Waals surface area contributed by atoms with E-state index in [4.69, 9.17) is 12.2 Å². The van der Waals surface area contributed by atoms with E-state index in [0.29, 0.717) is 0 Å². The molecule has 1 N–H and O–H groups in total. The van der Waals surface area contributed by atoms with Crippen molar-refractivity contribution in [2.24, 2.45) is 0 Å². The number of anilines is 1. The van der Waals surface area contributed by atoms with Crippen LogP contribution in [-0.4, -0.2) is 17.1 Å². The second kappa shape index (κ2) is 6.72. The Balaban J connectivity index is 2.02. The van der Waals surface area contributed by atoms with Crippen LogP contribution in [0.3, 0.4) is 0 Å². The summed E-state index contributed by atoms with van der Waals surface area (Å²) in [7, 11) is 2.01. The van der Waals surface area contributed by atoms with Crippen LogP contribution in [0.1, 0.15) is 22.3 Å². The number of hydrogen-bond acceptors (Lipinski definition) is 1. The Kier molecular flexibility index (Phi) is 4.97. The summed E-state index contributed by atoms with van der Waals surface area (Å²) in [5, 5.41) is 4.08. The quantitative estimate of drug-likeness (QED) is 0.843. The highest BCUT2D eigenvalue weighted by Gasteiger charge is 2.07. The molecule has 110 valence electrons. The van der Waals surface area contributed by atoms with E-state index < -0.39 is 0 Å². The molecule has 2 aromatic carbocycles. The first kappa shape index (κ1) is 15.5. The lowest BCUT2D eigenvalue weighted by Crippen LogP contribution is -2.30. The van der Waals surface area contributed by atoms with Crippen molar-refractivity contribution in [1.29, 1.82) is 0 Å². The van der Waals surface area contributed by atoms with Gasteiger partial charge in [-0.05, 0) is 55.7 Å². The lowest BCUT2D eigenvalue weighted by molar-refractivity contribution is 0.508. The molecule has 0 aliphatic carbocycles. The SMILES string of the molecule is Cc1ccc(CN(C)C(=S)Nc2cccc(C)c2C)cc1. The Hall–Kier alpha value is -1.87. The maximum Gasteiger partial charge on any atom is 0.173 e. The van der Waals surface area contributed by atoms with Crippen LogP contribution in [0.4, 0.5) is 5.69 Å². The van der Waals surface area contributed by atoms with Crippen LogP contribution < -0.4 is 5.32 Å². The summed E-state index contributed by atoms with van der Waals surface area (Å²) in [6.45, 7) is 7.12. The lowest BCUT2D eigenvalue weighted by atomic mass is 10.1. The highest BCUT2D eigenvalue weighted by molar-refractivity contribution is 7.80. The number of thiocarbonyl (C=S) groups is 1. The zero-order valence-corrected chi connectivity index (χ0v) is 13.9. The molecule has 21 heavy (non-hydrogen) atoms. The molecule has 2 rings (SSSR count). The lowest BCUT2D eigenvalue weighted by Gasteiger charge is -2.22. The number of nitrogens with one attached hydrogen (secondary N) is 1. The Morgan fingerprint density at radius 3 is 2.38 bits per heavy atom. The Bertz CT molecular complexity index is 632. The second-order valence-electron chi connectivity index (χ2n) is 5.52. The average molecular weight is 298 g/mol. The van der Waals surface area contributed by atoms with Crippen molar-refractivity contribution in [3.05, 3.63) is 64.7 Å². The van der Waals surface area contributed by atoms with Crippen LogP contribution in [0, 0.1) is 20.8 Å². The molecule has 0 fully saturated rings. The number of rotatable bonds is 3. The molecule has 2 nitrogen and oxygen atoms in total. The van der Waals surface area contributed by atoms with E-state index in [1.807, 2.05) is 13.1 Å². The largest absolute Gasteiger partial charge is 0.348 e. The summed E-state index contributed by atoms with van der Waals surface area (Å²) in [4.78, 5) is 2.06. The van der Waals surface area contributed by atoms with Crippen molar-refractivity contribution < 1.29 is 0 Å². The fourth-order valence-electron chi connectivity index (χ4n) is 2.14. The predicted molar refractivity (Wildman–Crippen MR) is 94.8 cm³/mol. The number of aryl methyl sites for hydroxylation is 2. The first-order valence-corrected chi connectivity index (χ1v) is 7.52. The van der Waals surface area contributed by atoms with Crippen molar-refractivity contribution in [1.82, 2.24) is 4.90 Å². The minimum atomic E-state index is 0.740. The molecule has 3 heteroatoms. The van der Waals surface area contributed by atoms with E-state index in [2.05, 4.69) is 67.4 Å². The van der Waals surface area contributed by atoms with Crippen LogP contribution >= 0.6 is 12.2 Å². The summed E-state index contributed by atoms with van der Waals surface area (Å²) in [6, 6.07) is 14.8. The minimum Gasteiger partial charge on any atom is -0.348 e. The van der Waals surface area contributed by atoms with Crippen LogP contribution in [0.2, 0.25) is 0 Å². The van der Waals surface area contributed by atoms with Gasteiger partial charge in [0.25, 0.3) is 0 Å². The minimum absolute atomic E-state index is 0.740. The van der Waals surface area contributed by atoms with Gasteiger partial charge in [-0.1, -0.05) is 42.0 Å². The van der Waals surface area contributed by atoms with Crippen LogP contribution in [0.15, 0.2) is 42.5 Å². The molecule has 0 heterocycles. The van der Waals surface area contributed by atoms with Gasteiger partial charge in [0.15, 0.2) is 5.11 Å². The van der Waals surface area contributed by atoms with Gasteiger partial charge in [0.2, 0.25) is 0 Å². The first-order valence-electron chi connectivity index (χ1n) is 7.11. The molecular formula is C18H22N2S. The van der Waals surface area contributed by atoms with Gasteiger partial charge in [0.05, 0.1) is 0 Å². The molecule has 0 atom stereocenters. The van der Waals surface area contributed by atoms with Crippen molar-refractivity contribution in [2.75, 3.05) is 12.4 Å². The summed E-state index contributed by atoms with van der Waals surface area (Å²) in [5.41, 5.74) is 6.12. The summed E-state index contributed by atoms with van der Waals surface area (Å²) in [6.07, 6.45) is 0. The maximum atomic E-state index is 5.50. The third-order valence-electron chi connectivity index (χ3n) is 3.73. The maximum absolute atomic E-state index is 5.50. The summed E-state index contributed by atoms with van der Waals surface area (Å²) >= 11 is 5.50. The van der Waals surface area contributed by atoms with Gasteiger partial charge in [-0.2, -0.15) is 0 Å². The van der Waals surface area contributed by atoms with E-state index >= 15 is 0 Å². The average Bonchev–Trinajstić information content (AvgIpc) is 2.46. The predicted octanol–water partition coefficient (Wildman–Crippen LogP) is 4.44. The van der Waals surface area contributed by atoms with Crippen molar-refractivity contribution >= 4 is 23.0 Å². The standard InChI is InChI=1S/C18H22N2S/c1-13-8-10-16(11-9-13)12-20(4)18(21)19-17-7-5-6-14(2)15(17)3/h5-11H,12H2,1-4H3,(H,19,21). The van der Waals surface area contributed by atoms with E-state index in [0.717, 1.165) is 17.3 Å². The molecule has 0 radical (unpaired) electrons. The zero-order chi connectivity index (χ0) is 15.4. The second-order valence-corrected chi connectivity index (χ2v) is 5.91. The first-order chi connectivity index (χ1) is 9.97. The van der Waals surface area contributed by atoms with Crippen molar-refractivity contribution in [3.63, 3.8) is 0 Å². The number of benzene rings is 2. The molecule has 0 aliphatic heterocycles. The van der Waals surface area contributed by atoms with Gasteiger partial charge >= 0.3 is 0 Å². The van der Waals surface area contributed by atoms with Gasteiger partial charge in [-0.15, -0.1) is 0 Å². The van der Waals surface area contributed by atoms with Crippen LogP contribution in [0.5, 0.6) is 0 Å². The topological polar surface area (TPSA) is 15.3 Å². The highest BCUT2D eigenvalue weighted by atomic mass is 32.1. The van der Waals surface area contributed by atoms with Crippen molar-refractivity contribution in [2.45, 2.75) is 27.3 Å². The smallest absolute Gasteiger partial charge is 0.173 e. The molecule has 0 amide bonds. The van der Waals surface area contributed by atoms with Crippen LogP contribution in [0.25, 0.3) is 0 Å². The van der Waals surface area contributed by atoms with Gasteiger partial charge in [0, 0.05) is 19.3 Å². The molecular weight excluding hydrogens is 276 g/mol. The molecule has 0 saturated heterocycles.